The zero-order valence-corrected chi connectivity index (χ0v) is 8.37. The first-order chi connectivity index (χ1) is 6.90. The minimum absolute atomic E-state index is 0.290. The van der Waals surface area contributed by atoms with Gasteiger partial charge >= 0.3 is 0 Å². The van der Waals surface area contributed by atoms with Gasteiger partial charge in [-0.15, -0.1) is 0 Å². The lowest BCUT2D eigenvalue weighted by molar-refractivity contribution is 0.236. The lowest BCUT2D eigenvalue weighted by Crippen LogP contribution is -2.35. The molecule has 0 aromatic heterocycles. The molecule has 2 aliphatic rings. The molecule has 0 aromatic rings. The molecular formula is C11H18N2O. The number of aliphatic hydroxyl groups excluding tert-OH is 1. The Morgan fingerprint density at radius 3 is 2.86 bits per heavy atom. The summed E-state index contributed by atoms with van der Waals surface area (Å²) in [6, 6.07) is 0. The molecule has 0 bridgehead atoms. The number of nitrogens with one attached hydrogen (secondary N) is 2. The maximum absolute atomic E-state index is 9.00. The van der Waals surface area contributed by atoms with E-state index < -0.39 is 0 Å². The highest BCUT2D eigenvalue weighted by Gasteiger charge is 2.19. The van der Waals surface area contributed by atoms with E-state index in [0.29, 0.717) is 18.4 Å². The van der Waals surface area contributed by atoms with Crippen LogP contribution >= 0.6 is 0 Å². The van der Waals surface area contributed by atoms with Crippen molar-refractivity contribution in [2.24, 2.45) is 11.8 Å². The molecule has 1 aliphatic heterocycles. The lowest BCUT2D eigenvalue weighted by atomic mass is 9.84. The zero-order valence-electron chi connectivity index (χ0n) is 8.37. The van der Waals surface area contributed by atoms with Gasteiger partial charge < -0.3 is 10.4 Å². The number of hydrogen-bond acceptors (Lipinski definition) is 3. The van der Waals surface area contributed by atoms with Crippen LogP contribution in [0, 0.1) is 11.8 Å². The lowest BCUT2D eigenvalue weighted by Gasteiger charge is -2.26. The summed E-state index contributed by atoms with van der Waals surface area (Å²) < 4.78 is 0. The highest BCUT2D eigenvalue weighted by molar-refractivity contribution is 5.18. The van der Waals surface area contributed by atoms with E-state index in [9.17, 15) is 0 Å². The fraction of sp³-hybridized carbons (Fsp3) is 0.636. The van der Waals surface area contributed by atoms with Crippen molar-refractivity contribution in [1.82, 2.24) is 10.6 Å². The summed E-state index contributed by atoms with van der Waals surface area (Å²) in [6.07, 6.45) is 8.80. The Kier molecular flexibility index (Phi) is 3.22. The smallest absolute Gasteiger partial charge is 0.0650 e. The normalized spacial score (nSPS) is 32.2. The predicted molar refractivity (Wildman–Crippen MR) is 56.5 cm³/mol. The summed E-state index contributed by atoms with van der Waals surface area (Å²) in [5.41, 5.74) is 1.43. The van der Waals surface area contributed by atoms with Crippen LogP contribution in [0.1, 0.15) is 12.8 Å². The van der Waals surface area contributed by atoms with Gasteiger partial charge in [0.05, 0.1) is 6.67 Å². The Morgan fingerprint density at radius 2 is 2.29 bits per heavy atom. The molecule has 0 radical (unpaired) electrons. The number of allylic oxidation sites excluding steroid dienone is 1. The van der Waals surface area contributed by atoms with Crippen LogP contribution in [0.15, 0.2) is 23.9 Å². The summed E-state index contributed by atoms with van der Waals surface area (Å²) in [7, 11) is 0. The van der Waals surface area contributed by atoms with Crippen molar-refractivity contribution in [3.05, 3.63) is 23.9 Å². The van der Waals surface area contributed by atoms with Gasteiger partial charge in [0, 0.05) is 19.1 Å². The van der Waals surface area contributed by atoms with E-state index in [-0.39, 0.29) is 0 Å². The van der Waals surface area contributed by atoms with Gasteiger partial charge in [-0.05, 0) is 30.5 Å². The van der Waals surface area contributed by atoms with Gasteiger partial charge in [-0.2, -0.15) is 0 Å². The van der Waals surface area contributed by atoms with Crippen molar-refractivity contribution in [2.75, 3.05) is 19.8 Å². The van der Waals surface area contributed by atoms with Gasteiger partial charge in [-0.1, -0.05) is 12.2 Å². The van der Waals surface area contributed by atoms with Crippen molar-refractivity contribution >= 4 is 0 Å². The molecule has 1 aliphatic carbocycles. The first-order valence-electron chi connectivity index (χ1n) is 5.32. The summed E-state index contributed by atoms with van der Waals surface area (Å²) in [4.78, 5) is 0. The SMILES string of the molecule is OCC1C=C[C@H](C2=CNCNC2)CC1. The van der Waals surface area contributed by atoms with Gasteiger partial charge in [0.2, 0.25) is 0 Å². The van der Waals surface area contributed by atoms with Crippen molar-refractivity contribution in [3.8, 4) is 0 Å². The van der Waals surface area contributed by atoms with Crippen LogP contribution in [0.3, 0.4) is 0 Å². The third-order valence-corrected chi connectivity index (χ3v) is 3.02. The number of hydrogen-bond donors (Lipinski definition) is 3. The minimum Gasteiger partial charge on any atom is -0.396 e. The van der Waals surface area contributed by atoms with Gasteiger partial charge in [-0.25, -0.2) is 0 Å². The van der Waals surface area contributed by atoms with E-state index in [0.717, 1.165) is 26.1 Å². The predicted octanol–water partition coefficient (Wildman–Crippen LogP) is 0.595. The summed E-state index contributed by atoms with van der Waals surface area (Å²) in [6.45, 7) is 2.16. The Bertz CT molecular complexity index is 248. The molecule has 3 heteroatoms. The topological polar surface area (TPSA) is 44.3 Å². The molecule has 1 unspecified atom stereocenters. The van der Waals surface area contributed by atoms with Gasteiger partial charge in [0.1, 0.15) is 0 Å². The summed E-state index contributed by atoms with van der Waals surface area (Å²) in [5.74, 6) is 0.953. The first-order valence-corrected chi connectivity index (χ1v) is 5.32. The van der Waals surface area contributed by atoms with E-state index in [1.54, 1.807) is 0 Å². The molecule has 0 saturated carbocycles. The quantitative estimate of drug-likeness (QED) is 0.564. The maximum atomic E-state index is 9.00. The highest BCUT2D eigenvalue weighted by Crippen LogP contribution is 2.27. The van der Waals surface area contributed by atoms with Gasteiger partial charge in [0.15, 0.2) is 0 Å². The second-order valence-electron chi connectivity index (χ2n) is 4.04. The molecular weight excluding hydrogens is 176 g/mol. The molecule has 0 saturated heterocycles. The molecule has 3 N–H and O–H groups in total. The van der Waals surface area contributed by atoms with Crippen LogP contribution in [0.5, 0.6) is 0 Å². The van der Waals surface area contributed by atoms with Crippen molar-refractivity contribution in [1.29, 1.82) is 0 Å². The van der Waals surface area contributed by atoms with Crippen LogP contribution in [0.25, 0.3) is 0 Å². The Labute approximate surface area is 84.9 Å². The van der Waals surface area contributed by atoms with E-state index >= 15 is 0 Å². The Hall–Kier alpha value is -0.800. The minimum atomic E-state index is 0.290. The molecule has 3 nitrogen and oxygen atoms in total. The van der Waals surface area contributed by atoms with Crippen LogP contribution in [0.4, 0.5) is 0 Å². The second-order valence-corrected chi connectivity index (χ2v) is 4.04. The highest BCUT2D eigenvalue weighted by atomic mass is 16.3. The molecule has 2 atom stereocenters. The van der Waals surface area contributed by atoms with Crippen molar-refractivity contribution in [2.45, 2.75) is 12.8 Å². The van der Waals surface area contributed by atoms with Crippen molar-refractivity contribution < 1.29 is 5.11 Å². The van der Waals surface area contributed by atoms with E-state index in [2.05, 4.69) is 29.0 Å². The molecule has 0 fully saturated rings. The zero-order chi connectivity index (χ0) is 9.80. The largest absolute Gasteiger partial charge is 0.396 e. The average molecular weight is 194 g/mol. The average Bonchev–Trinajstić information content (AvgIpc) is 2.30. The van der Waals surface area contributed by atoms with Crippen LogP contribution in [-0.4, -0.2) is 24.9 Å². The molecule has 0 spiro atoms. The van der Waals surface area contributed by atoms with Gasteiger partial charge in [-0.3, -0.25) is 5.32 Å². The summed E-state index contributed by atoms with van der Waals surface area (Å²) >= 11 is 0. The third-order valence-electron chi connectivity index (χ3n) is 3.02. The summed E-state index contributed by atoms with van der Waals surface area (Å²) in [5, 5.41) is 15.5. The number of aliphatic hydroxyl groups is 1. The fourth-order valence-electron chi connectivity index (χ4n) is 2.09. The van der Waals surface area contributed by atoms with E-state index in [1.165, 1.54) is 5.57 Å². The van der Waals surface area contributed by atoms with Gasteiger partial charge in [0.25, 0.3) is 0 Å². The van der Waals surface area contributed by atoms with E-state index in [4.69, 9.17) is 5.11 Å². The van der Waals surface area contributed by atoms with Crippen molar-refractivity contribution in [3.63, 3.8) is 0 Å². The molecule has 0 aromatic carbocycles. The number of rotatable bonds is 2. The first kappa shape index (κ1) is 9.74. The van der Waals surface area contributed by atoms with E-state index in [1.807, 2.05) is 0 Å². The molecule has 2 rings (SSSR count). The Morgan fingerprint density at radius 1 is 1.36 bits per heavy atom. The monoisotopic (exact) mass is 194 g/mol. The second kappa shape index (κ2) is 4.62. The molecule has 1 heterocycles. The molecule has 0 amide bonds. The fourth-order valence-corrected chi connectivity index (χ4v) is 2.09. The Balaban J connectivity index is 1.96. The standard InChI is InChI=1S/C11H18N2O/c14-7-9-1-3-10(4-2-9)11-5-12-8-13-6-11/h1,3,5,9-10,12-14H,2,4,6-8H2/t9?,10-/m0/s1. The van der Waals surface area contributed by atoms with Crippen LogP contribution < -0.4 is 10.6 Å². The molecule has 14 heavy (non-hydrogen) atoms. The maximum Gasteiger partial charge on any atom is 0.0650 e. The van der Waals surface area contributed by atoms with Crippen LogP contribution in [0.2, 0.25) is 0 Å². The molecule has 78 valence electrons. The third kappa shape index (κ3) is 2.16. The van der Waals surface area contributed by atoms with Crippen LogP contribution in [-0.2, 0) is 0 Å².